The Morgan fingerprint density at radius 3 is 2.00 bits per heavy atom. The highest BCUT2D eigenvalue weighted by molar-refractivity contribution is 4.70. The predicted octanol–water partition coefficient (Wildman–Crippen LogP) is 5.28. The molecular formula is C14H30. The third-order valence-corrected chi connectivity index (χ3v) is 3.00. The molecule has 0 saturated carbocycles. The molecule has 2 unspecified atom stereocenters. The lowest BCUT2D eigenvalue weighted by Crippen LogP contribution is -2.15. The maximum absolute atomic E-state index is 2.41. The van der Waals surface area contributed by atoms with Gasteiger partial charge in [0.15, 0.2) is 0 Å². The van der Waals surface area contributed by atoms with E-state index in [1.54, 1.807) is 0 Å². The van der Waals surface area contributed by atoms with Crippen LogP contribution in [0.1, 0.15) is 73.6 Å². The van der Waals surface area contributed by atoms with E-state index in [1.165, 1.54) is 32.1 Å². The van der Waals surface area contributed by atoms with Gasteiger partial charge < -0.3 is 0 Å². The van der Waals surface area contributed by atoms with Crippen LogP contribution in [0.4, 0.5) is 0 Å². The summed E-state index contributed by atoms with van der Waals surface area (Å²) in [7, 11) is 0. The number of hydrogen-bond acceptors (Lipinski definition) is 0. The summed E-state index contributed by atoms with van der Waals surface area (Å²) < 4.78 is 0. The van der Waals surface area contributed by atoms with Crippen molar-refractivity contribution in [3.8, 4) is 0 Å². The van der Waals surface area contributed by atoms with Crippen LogP contribution in [0, 0.1) is 17.3 Å². The van der Waals surface area contributed by atoms with Gasteiger partial charge in [0, 0.05) is 0 Å². The molecule has 0 aromatic rings. The highest BCUT2D eigenvalue weighted by Crippen LogP contribution is 2.31. The molecule has 0 spiro atoms. The highest BCUT2D eigenvalue weighted by atomic mass is 14.2. The summed E-state index contributed by atoms with van der Waals surface area (Å²) in [6, 6.07) is 0. The van der Waals surface area contributed by atoms with E-state index in [0.29, 0.717) is 5.41 Å². The standard InChI is InChI=1S/C14H30/c1-7-9-12(3)10-13(8-2)11-14(4,5)6/h12-13H,7-11H2,1-6H3. The van der Waals surface area contributed by atoms with Crippen molar-refractivity contribution in [3.05, 3.63) is 0 Å². The average Bonchev–Trinajstić information content (AvgIpc) is 2.01. The predicted molar refractivity (Wildman–Crippen MR) is 66.5 cm³/mol. The molecule has 0 aromatic carbocycles. The first-order chi connectivity index (χ1) is 6.39. The van der Waals surface area contributed by atoms with Gasteiger partial charge in [-0.25, -0.2) is 0 Å². The Kier molecular flexibility index (Phi) is 6.48. The summed E-state index contributed by atoms with van der Waals surface area (Å²) in [5.74, 6) is 1.86. The van der Waals surface area contributed by atoms with Gasteiger partial charge in [0.1, 0.15) is 0 Å². The van der Waals surface area contributed by atoms with Crippen LogP contribution in [-0.2, 0) is 0 Å². The molecule has 0 rings (SSSR count). The van der Waals surface area contributed by atoms with Crippen LogP contribution in [0.5, 0.6) is 0 Å². The normalized spacial score (nSPS) is 16.7. The van der Waals surface area contributed by atoms with Crippen LogP contribution in [0.3, 0.4) is 0 Å². The quantitative estimate of drug-likeness (QED) is 0.545. The van der Waals surface area contributed by atoms with Crippen molar-refractivity contribution < 1.29 is 0 Å². The van der Waals surface area contributed by atoms with Crippen LogP contribution < -0.4 is 0 Å². The Bertz CT molecular complexity index is 129. The fraction of sp³-hybridized carbons (Fsp3) is 1.00. The Hall–Kier alpha value is 0. The molecule has 0 fully saturated rings. The Morgan fingerprint density at radius 2 is 1.64 bits per heavy atom. The second-order valence-corrected chi connectivity index (χ2v) is 6.17. The van der Waals surface area contributed by atoms with E-state index in [0.717, 1.165) is 11.8 Å². The van der Waals surface area contributed by atoms with Gasteiger partial charge >= 0.3 is 0 Å². The zero-order chi connectivity index (χ0) is 11.2. The van der Waals surface area contributed by atoms with Crippen molar-refractivity contribution in [1.82, 2.24) is 0 Å². The maximum atomic E-state index is 2.41. The fourth-order valence-electron chi connectivity index (χ4n) is 2.44. The third kappa shape index (κ3) is 7.41. The van der Waals surface area contributed by atoms with Gasteiger partial charge in [-0.15, -0.1) is 0 Å². The minimum absolute atomic E-state index is 0.507. The minimum atomic E-state index is 0.507. The molecule has 0 N–H and O–H groups in total. The molecule has 0 heteroatoms. The van der Waals surface area contributed by atoms with E-state index in [4.69, 9.17) is 0 Å². The van der Waals surface area contributed by atoms with E-state index in [2.05, 4.69) is 41.5 Å². The van der Waals surface area contributed by atoms with Gasteiger partial charge in [0.25, 0.3) is 0 Å². The first-order valence-electron chi connectivity index (χ1n) is 6.39. The number of hydrogen-bond donors (Lipinski definition) is 0. The molecule has 0 radical (unpaired) electrons. The van der Waals surface area contributed by atoms with Crippen molar-refractivity contribution in [1.29, 1.82) is 0 Å². The zero-order valence-electron chi connectivity index (χ0n) is 11.2. The SMILES string of the molecule is CCCC(C)CC(CC)CC(C)(C)C. The van der Waals surface area contributed by atoms with Crippen molar-refractivity contribution in [2.75, 3.05) is 0 Å². The van der Waals surface area contributed by atoms with Crippen LogP contribution in [0.25, 0.3) is 0 Å². The van der Waals surface area contributed by atoms with Crippen molar-refractivity contribution in [2.45, 2.75) is 73.6 Å². The van der Waals surface area contributed by atoms with Crippen LogP contribution in [-0.4, -0.2) is 0 Å². The largest absolute Gasteiger partial charge is 0.0654 e. The lowest BCUT2D eigenvalue weighted by atomic mass is 9.79. The molecule has 0 aliphatic carbocycles. The molecule has 0 heterocycles. The van der Waals surface area contributed by atoms with Gasteiger partial charge in [0.05, 0.1) is 0 Å². The van der Waals surface area contributed by atoms with Gasteiger partial charge in [0.2, 0.25) is 0 Å². The maximum Gasteiger partial charge on any atom is -0.0380 e. The molecule has 0 saturated heterocycles. The van der Waals surface area contributed by atoms with Crippen LogP contribution in [0.15, 0.2) is 0 Å². The van der Waals surface area contributed by atoms with E-state index in [1.807, 2.05) is 0 Å². The van der Waals surface area contributed by atoms with E-state index in [9.17, 15) is 0 Å². The summed E-state index contributed by atoms with van der Waals surface area (Å²) in [4.78, 5) is 0. The molecular weight excluding hydrogens is 168 g/mol. The Balaban J connectivity index is 3.90. The third-order valence-electron chi connectivity index (χ3n) is 3.00. The molecule has 0 aromatic heterocycles. The first-order valence-corrected chi connectivity index (χ1v) is 6.39. The molecule has 0 aliphatic rings. The smallest absolute Gasteiger partial charge is 0.0380 e. The lowest BCUT2D eigenvalue weighted by molar-refractivity contribution is 0.248. The molecule has 2 atom stereocenters. The minimum Gasteiger partial charge on any atom is -0.0654 e. The van der Waals surface area contributed by atoms with Gasteiger partial charge in [-0.1, -0.05) is 60.8 Å². The van der Waals surface area contributed by atoms with Crippen molar-refractivity contribution in [2.24, 2.45) is 17.3 Å². The van der Waals surface area contributed by atoms with E-state index < -0.39 is 0 Å². The van der Waals surface area contributed by atoms with E-state index >= 15 is 0 Å². The van der Waals surface area contributed by atoms with E-state index in [-0.39, 0.29) is 0 Å². The molecule has 0 amide bonds. The van der Waals surface area contributed by atoms with Crippen LogP contribution >= 0.6 is 0 Å². The Labute approximate surface area is 91.5 Å². The molecule has 86 valence electrons. The van der Waals surface area contributed by atoms with Crippen molar-refractivity contribution in [3.63, 3.8) is 0 Å². The molecule has 0 bridgehead atoms. The summed E-state index contributed by atoms with van der Waals surface area (Å²) >= 11 is 0. The number of rotatable bonds is 6. The molecule has 0 aliphatic heterocycles. The van der Waals surface area contributed by atoms with Gasteiger partial charge in [-0.2, -0.15) is 0 Å². The van der Waals surface area contributed by atoms with Crippen LogP contribution in [0.2, 0.25) is 0 Å². The fourth-order valence-corrected chi connectivity index (χ4v) is 2.44. The summed E-state index contributed by atoms with van der Waals surface area (Å²) in [5, 5.41) is 0. The van der Waals surface area contributed by atoms with Gasteiger partial charge in [-0.3, -0.25) is 0 Å². The zero-order valence-corrected chi connectivity index (χ0v) is 11.2. The monoisotopic (exact) mass is 198 g/mol. The summed E-state index contributed by atoms with van der Waals surface area (Å²) in [6.45, 7) is 14.1. The second-order valence-electron chi connectivity index (χ2n) is 6.17. The summed E-state index contributed by atoms with van der Waals surface area (Å²) in [5.41, 5.74) is 0.507. The topological polar surface area (TPSA) is 0 Å². The van der Waals surface area contributed by atoms with Crippen molar-refractivity contribution >= 4 is 0 Å². The second kappa shape index (κ2) is 6.48. The first kappa shape index (κ1) is 14.0. The molecule has 0 nitrogen and oxygen atoms in total. The highest BCUT2D eigenvalue weighted by Gasteiger charge is 2.18. The average molecular weight is 198 g/mol. The lowest BCUT2D eigenvalue weighted by Gasteiger charge is -2.27. The molecule has 14 heavy (non-hydrogen) atoms. The Morgan fingerprint density at radius 1 is 1.07 bits per heavy atom. The summed E-state index contributed by atoms with van der Waals surface area (Å²) in [6.07, 6.45) is 6.91. The van der Waals surface area contributed by atoms with Gasteiger partial charge in [-0.05, 0) is 30.1 Å².